The predicted octanol–water partition coefficient (Wildman–Crippen LogP) is 0.735. The number of hydrogen-bond acceptors (Lipinski definition) is 4. The Morgan fingerprint density at radius 2 is 2.05 bits per heavy atom. The summed E-state index contributed by atoms with van der Waals surface area (Å²) in [6.45, 7) is 1.19. The van der Waals surface area contributed by atoms with Gasteiger partial charge in [-0.2, -0.15) is 0 Å². The molecule has 0 aliphatic rings. The summed E-state index contributed by atoms with van der Waals surface area (Å²) in [4.78, 5) is 6.09. The Kier molecular flexibility index (Phi) is 3.89. The van der Waals surface area contributed by atoms with E-state index in [1.165, 1.54) is 37.5 Å². The number of nitrogens with one attached hydrogen (secondary N) is 2. The van der Waals surface area contributed by atoms with Crippen molar-refractivity contribution in [3.05, 3.63) is 48.2 Å². The highest BCUT2D eigenvalue weighted by Gasteiger charge is 2.26. The molecule has 2 rings (SSSR count). The van der Waals surface area contributed by atoms with Crippen molar-refractivity contribution in [1.82, 2.24) is 14.7 Å². The second-order valence-corrected chi connectivity index (χ2v) is 6.26. The first-order valence-corrected chi connectivity index (χ1v) is 7.26. The Labute approximate surface area is 115 Å². The van der Waals surface area contributed by atoms with E-state index in [1.807, 2.05) is 0 Å². The van der Waals surface area contributed by atoms with Crippen molar-refractivity contribution in [2.45, 2.75) is 17.6 Å². The van der Waals surface area contributed by atoms with E-state index >= 15 is 0 Å². The second kappa shape index (κ2) is 5.31. The van der Waals surface area contributed by atoms with E-state index in [0.717, 1.165) is 6.20 Å². The minimum Gasteiger partial charge on any atom is -0.384 e. The molecule has 0 spiro atoms. The summed E-state index contributed by atoms with van der Waals surface area (Å²) in [5.41, 5.74) is -1.05. The van der Waals surface area contributed by atoms with Crippen molar-refractivity contribution in [1.29, 1.82) is 0 Å². The van der Waals surface area contributed by atoms with Gasteiger partial charge in [-0.25, -0.2) is 22.5 Å². The number of nitrogens with zero attached hydrogens (tertiary/aromatic N) is 1. The molecule has 1 unspecified atom stereocenters. The van der Waals surface area contributed by atoms with Crippen LogP contribution in [0.4, 0.5) is 4.39 Å². The fourth-order valence-electron chi connectivity index (χ4n) is 1.61. The van der Waals surface area contributed by atoms with E-state index in [0.29, 0.717) is 5.56 Å². The topological polar surface area (TPSA) is 95.1 Å². The van der Waals surface area contributed by atoms with Gasteiger partial charge in [-0.15, -0.1) is 0 Å². The average molecular weight is 299 g/mol. The summed E-state index contributed by atoms with van der Waals surface area (Å²) in [5.74, 6) is -0.428. The van der Waals surface area contributed by atoms with Crippen molar-refractivity contribution in [2.24, 2.45) is 0 Å². The van der Waals surface area contributed by atoms with Crippen molar-refractivity contribution >= 4 is 10.0 Å². The van der Waals surface area contributed by atoms with E-state index < -0.39 is 21.4 Å². The summed E-state index contributed by atoms with van der Waals surface area (Å²) < 4.78 is 38.8. The number of sulfonamides is 1. The summed E-state index contributed by atoms with van der Waals surface area (Å²) in [5, 5.41) is 10.2. The van der Waals surface area contributed by atoms with E-state index in [2.05, 4.69) is 14.7 Å². The number of imidazole rings is 1. The maximum atomic E-state index is 12.8. The zero-order valence-corrected chi connectivity index (χ0v) is 11.5. The largest absolute Gasteiger partial charge is 0.384 e. The number of halogens is 1. The number of H-pyrrole nitrogens is 1. The van der Waals surface area contributed by atoms with Crippen LogP contribution in [-0.2, 0) is 15.6 Å². The monoisotopic (exact) mass is 299 g/mol. The van der Waals surface area contributed by atoms with Crippen LogP contribution >= 0.6 is 0 Å². The van der Waals surface area contributed by atoms with Crippen molar-refractivity contribution in [3.63, 3.8) is 0 Å². The maximum absolute atomic E-state index is 12.8. The van der Waals surface area contributed by atoms with Crippen LogP contribution in [0.1, 0.15) is 12.5 Å². The first-order chi connectivity index (χ1) is 9.31. The van der Waals surface area contributed by atoms with E-state index in [1.54, 1.807) is 0 Å². The summed E-state index contributed by atoms with van der Waals surface area (Å²) in [6, 6.07) is 5.21. The van der Waals surface area contributed by atoms with Crippen LogP contribution in [0, 0.1) is 5.82 Å². The van der Waals surface area contributed by atoms with Gasteiger partial charge in [0, 0.05) is 6.54 Å². The number of benzene rings is 1. The molecule has 1 aromatic heterocycles. The summed E-state index contributed by atoms with van der Waals surface area (Å²) >= 11 is 0. The highest BCUT2D eigenvalue weighted by atomic mass is 32.2. The molecule has 0 fully saturated rings. The molecule has 0 aliphatic carbocycles. The minimum absolute atomic E-state index is 0.0904. The third-order valence-corrected chi connectivity index (χ3v) is 4.16. The van der Waals surface area contributed by atoms with Crippen LogP contribution in [0.25, 0.3) is 0 Å². The summed E-state index contributed by atoms with van der Waals surface area (Å²) in [6.07, 6.45) is 2.40. The molecule has 0 radical (unpaired) electrons. The van der Waals surface area contributed by atoms with Gasteiger partial charge in [-0.05, 0) is 24.6 Å². The van der Waals surface area contributed by atoms with Gasteiger partial charge in [0.1, 0.15) is 11.4 Å². The lowest BCUT2D eigenvalue weighted by molar-refractivity contribution is 0.0627. The van der Waals surface area contributed by atoms with E-state index in [-0.39, 0.29) is 11.6 Å². The van der Waals surface area contributed by atoms with Crippen molar-refractivity contribution in [3.8, 4) is 0 Å². The molecule has 1 atom stereocenters. The van der Waals surface area contributed by atoms with Gasteiger partial charge in [0.2, 0.25) is 0 Å². The van der Waals surface area contributed by atoms with Crippen LogP contribution in [0.2, 0.25) is 0 Å². The maximum Gasteiger partial charge on any atom is 0.257 e. The van der Waals surface area contributed by atoms with Gasteiger partial charge in [0.15, 0.2) is 5.03 Å². The quantitative estimate of drug-likeness (QED) is 0.758. The summed E-state index contributed by atoms with van der Waals surface area (Å²) in [7, 11) is -3.77. The molecule has 0 amide bonds. The van der Waals surface area contributed by atoms with Crippen molar-refractivity contribution in [2.75, 3.05) is 6.54 Å². The number of aromatic amines is 1. The molecule has 0 saturated heterocycles. The lowest BCUT2D eigenvalue weighted by atomic mass is 9.96. The first-order valence-electron chi connectivity index (χ1n) is 5.78. The number of aromatic nitrogens is 2. The van der Waals surface area contributed by atoms with Crippen LogP contribution in [0.15, 0.2) is 41.8 Å². The first kappa shape index (κ1) is 14.6. The van der Waals surface area contributed by atoms with E-state index in [9.17, 15) is 17.9 Å². The minimum atomic E-state index is -3.77. The average Bonchev–Trinajstić information content (AvgIpc) is 2.92. The lowest BCUT2D eigenvalue weighted by Gasteiger charge is -2.24. The molecule has 8 heteroatoms. The van der Waals surface area contributed by atoms with Gasteiger partial charge in [-0.3, -0.25) is 0 Å². The Hall–Kier alpha value is -1.77. The lowest BCUT2D eigenvalue weighted by Crippen LogP contribution is -2.38. The van der Waals surface area contributed by atoms with E-state index in [4.69, 9.17) is 0 Å². The SMILES string of the molecule is CC(O)(CNS(=O)(=O)c1cnc[nH]1)c1ccc(F)cc1. The number of rotatable bonds is 5. The smallest absolute Gasteiger partial charge is 0.257 e. The molecule has 6 nitrogen and oxygen atoms in total. The Bertz CT molecular complexity index is 666. The fraction of sp³-hybridized carbons (Fsp3) is 0.250. The zero-order chi connectivity index (χ0) is 14.8. The van der Waals surface area contributed by atoms with Gasteiger partial charge in [-0.1, -0.05) is 12.1 Å². The molecule has 1 heterocycles. The molecule has 1 aromatic carbocycles. The Balaban J connectivity index is 2.11. The third-order valence-electron chi connectivity index (χ3n) is 2.84. The Morgan fingerprint density at radius 1 is 1.40 bits per heavy atom. The van der Waals surface area contributed by atoms with Crippen LogP contribution in [0.5, 0.6) is 0 Å². The van der Waals surface area contributed by atoms with Crippen LogP contribution in [0.3, 0.4) is 0 Å². The standard InChI is InChI=1S/C12H14FN3O3S/c1-12(17,9-2-4-10(13)5-3-9)7-16-20(18,19)11-6-14-8-15-11/h2-6,8,16-17H,7H2,1H3,(H,14,15). The molecule has 2 aromatic rings. The van der Waals surface area contributed by atoms with Gasteiger partial charge >= 0.3 is 0 Å². The predicted molar refractivity (Wildman–Crippen MR) is 69.7 cm³/mol. The number of aliphatic hydroxyl groups is 1. The number of hydrogen-bond donors (Lipinski definition) is 3. The molecule has 0 aliphatic heterocycles. The molecular weight excluding hydrogens is 285 g/mol. The fourth-order valence-corrected chi connectivity index (χ4v) is 2.65. The zero-order valence-electron chi connectivity index (χ0n) is 10.7. The van der Waals surface area contributed by atoms with Gasteiger partial charge in [0.25, 0.3) is 10.0 Å². The second-order valence-electron chi connectivity index (χ2n) is 4.52. The highest BCUT2D eigenvalue weighted by Crippen LogP contribution is 2.20. The van der Waals surface area contributed by atoms with Gasteiger partial charge < -0.3 is 10.1 Å². The normalized spacial score (nSPS) is 14.9. The molecule has 108 valence electrons. The van der Waals surface area contributed by atoms with Crippen LogP contribution in [-0.4, -0.2) is 30.0 Å². The molecular formula is C12H14FN3O3S. The van der Waals surface area contributed by atoms with Crippen molar-refractivity contribution < 1.29 is 17.9 Å². The highest BCUT2D eigenvalue weighted by molar-refractivity contribution is 7.89. The third kappa shape index (κ3) is 3.21. The molecule has 3 N–H and O–H groups in total. The Morgan fingerprint density at radius 3 is 2.60 bits per heavy atom. The van der Waals surface area contributed by atoms with Gasteiger partial charge in [0.05, 0.1) is 12.5 Å². The van der Waals surface area contributed by atoms with Crippen LogP contribution < -0.4 is 4.72 Å². The molecule has 0 bridgehead atoms. The molecule has 0 saturated carbocycles. The molecule has 20 heavy (non-hydrogen) atoms.